The van der Waals surface area contributed by atoms with Crippen LogP contribution >= 0.6 is 0 Å². The lowest BCUT2D eigenvalue weighted by Crippen LogP contribution is -2.43. The summed E-state index contributed by atoms with van der Waals surface area (Å²) in [4.78, 5) is 39.0. The summed E-state index contributed by atoms with van der Waals surface area (Å²) in [5, 5.41) is 0.626. The average molecular weight is 424 g/mol. The van der Waals surface area contributed by atoms with Crippen LogP contribution in [0.25, 0.3) is 11.0 Å². The van der Waals surface area contributed by atoms with Crippen LogP contribution in [0, 0.1) is 6.92 Å². The number of hydrogen-bond donors (Lipinski definition) is 0. The second-order valence-electron chi connectivity index (χ2n) is 7.67. The van der Waals surface area contributed by atoms with E-state index in [-0.39, 0.29) is 23.1 Å². The van der Waals surface area contributed by atoms with Crippen LogP contribution in [0.1, 0.15) is 28.9 Å². The number of benzene rings is 1. The molecule has 1 aliphatic heterocycles. The lowest BCUT2D eigenvalue weighted by molar-refractivity contribution is 0.0591. The van der Waals surface area contributed by atoms with E-state index in [1.807, 2.05) is 13.0 Å². The Labute approximate surface area is 178 Å². The van der Waals surface area contributed by atoms with Crippen LogP contribution in [0.4, 0.5) is 0 Å². The van der Waals surface area contributed by atoms with Crippen molar-refractivity contribution in [1.82, 2.24) is 9.47 Å². The second-order valence-corrected chi connectivity index (χ2v) is 7.67. The number of para-hydroxylation sites is 1. The number of carbonyl (C=O) groups is 1. The molecule has 0 radical (unpaired) electrons. The normalized spacial score (nSPS) is 14.6. The fraction of sp³-hybridized carbons (Fsp3) is 0.348. The number of fused-ring (bicyclic) bond motifs is 1. The maximum Gasteiger partial charge on any atom is 0.349 e. The summed E-state index contributed by atoms with van der Waals surface area (Å²) in [6.45, 7) is 2.74. The lowest BCUT2D eigenvalue weighted by Gasteiger charge is -2.32. The number of amides is 1. The monoisotopic (exact) mass is 424 g/mol. The van der Waals surface area contributed by atoms with Crippen molar-refractivity contribution in [2.45, 2.75) is 25.9 Å². The predicted octanol–water partition coefficient (Wildman–Crippen LogP) is 2.49. The molecule has 0 aliphatic carbocycles. The molecular weight excluding hydrogens is 400 g/mol. The highest BCUT2D eigenvalue weighted by Gasteiger charge is 2.27. The first-order valence-electron chi connectivity index (χ1n) is 10.1. The number of pyridine rings is 1. The maximum absolute atomic E-state index is 13.0. The first kappa shape index (κ1) is 20.7. The van der Waals surface area contributed by atoms with Crippen LogP contribution in [-0.4, -0.2) is 41.7 Å². The zero-order chi connectivity index (χ0) is 22.1. The molecule has 3 heterocycles. The minimum Gasteiger partial charge on any atom is -0.493 e. The van der Waals surface area contributed by atoms with Crippen molar-refractivity contribution in [3.05, 3.63) is 68.4 Å². The van der Waals surface area contributed by atoms with E-state index in [1.54, 1.807) is 40.8 Å². The van der Waals surface area contributed by atoms with Crippen LogP contribution in [0.15, 0.2) is 50.4 Å². The minimum atomic E-state index is -0.684. The van der Waals surface area contributed by atoms with E-state index in [0.29, 0.717) is 48.4 Å². The van der Waals surface area contributed by atoms with Crippen molar-refractivity contribution in [2.75, 3.05) is 20.2 Å². The van der Waals surface area contributed by atoms with Gasteiger partial charge in [0, 0.05) is 50.1 Å². The Morgan fingerprint density at radius 2 is 1.87 bits per heavy atom. The maximum atomic E-state index is 13.0. The average Bonchev–Trinajstić information content (AvgIpc) is 2.76. The molecule has 3 aromatic rings. The van der Waals surface area contributed by atoms with E-state index in [4.69, 9.17) is 13.9 Å². The van der Waals surface area contributed by atoms with E-state index in [1.165, 1.54) is 13.2 Å². The molecule has 1 amide bonds. The van der Waals surface area contributed by atoms with Gasteiger partial charge in [0.15, 0.2) is 11.3 Å². The number of likely N-dealkylation sites (tertiary alicyclic amines) is 1. The highest BCUT2D eigenvalue weighted by molar-refractivity contribution is 5.97. The highest BCUT2D eigenvalue weighted by Crippen LogP contribution is 2.25. The Morgan fingerprint density at radius 1 is 1.13 bits per heavy atom. The van der Waals surface area contributed by atoms with Gasteiger partial charge in [0.05, 0.1) is 7.11 Å². The number of methoxy groups -OCH3 is 1. The quantitative estimate of drug-likeness (QED) is 0.598. The highest BCUT2D eigenvalue weighted by atomic mass is 16.5. The molecule has 0 saturated carbocycles. The number of nitrogens with zero attached hydrogens (tertiary/aromatic N) is 2. The van der Waals surface area contributed by atoms with Crippen LogP contribution in [-0.2, 0) is 7.05 Å². The largest absolute Gasteiger partial charge is 0.493 e. The molecule has 4 rings (SSSR count). The van der Waals surface area contributed by atoms with Gasteiger partial charge >= 0.3 is 5.63 Å². The van der Waals surface area contributed by atoms with Gasteiger partial charge in [-0.3, -0.25) is 9.59 Å². The zero-order valence-corrected chi connectivity index (χ0v) is 17.7. The van der Waals surface area contributed by atoms with Gasteiger partial charge in [0.2, 0.25) is 0 Å². The van der Waals surface area contributed by atoms with Gasteiger partial charge in [-0.1, -0.05) is 12.1 Å². The second kappa shape index (κ2) is 8.29. The molecular formula is C23H24N2O6. The van der Waals surface area contributed by atoms with Crippen LogP contribution in [0.3, 0.4) is 0 Å². The van der Waals surface area contributed by atoms with Crippen molar-refractivity contribution < 1.29 is 18.7 Å². The molecule has 0 spiro atoms. The third kappa shape index (κ3) is 4.05. The number of hydrogen-bond acceptors (Lipinski definition) is 6. The number of ether oxygens (including phenoxy) is 2. The zero-order valence-electron chi connectivity index (χ0n) is 17.7. The minimum absolute atomic E-state index is 0.00213. The Balaban J connectivity index is 1.47. The van der Waals surface area contributed by atoms with Crippen molar-refractivity contribution >= 4 is 16.9 Å². The summed E-state index contributed by atoms with van der Waals surface area (Å²) in [6.07, 6.45) is 1.10. The van der Waals surface area contributed by atoms with E-state index in [2.05, 4.69) is 0 Å². The molecule has 8 nitrogen and oxygen atoms in total. The van der Waals surface area contributed by atoms with Gasteiger partial charge in [-0.05, 0) is 25.1 Å². The van der Waals surface area contributed by atoms with Gasteiger partial charge in [0.1, 0.15) is 17.4 Å². The Kier molecular flexibility index (Phi) is 5.54. The van der Waals surface area contributed by atoms with E-state index >= 15 is 0 Å². The van der Waals surface area contributed by atoms with E-state index in [0.717, 1.165) is 5.69 Å². The summed E-state index contributed by atoms with van der Waals surface area (Å²) in [5.74, 6) is 0.619. The third-order valence-electron chi connectivity index (χ3n) is 5.68. The fourth-order valence-electron chi connectivity index (χ4n) is 3.77. The SMILES string of the molecule is COc1cccc2cc(C(=O)N3CCC(Oc4cc(C)n(C)c(=O)c4)CC3)c(=O)oc12. The summed E-state index contributed by atoms with van der Waals surface area (Å²) < 4.78 is 18.1. The van der Waals surface area contributed by atoms with E-state index < -0.39 is 5.63 Å². The number of carbonyl (C=O) groups excluding carboxylic acids is 1. The van der Waals surface area contributed by atoms with Gasteiger partial charge < -0.3 is 23.4 Å². The van der Waals surface area contributed by atoms with Crippen molar-refractivity contribution in [3.8, 4) is 11.5 Å². The molecule has 2 aromatic heterocycles. The molecule has 0 unspecified atom stereocenters. The summed E-state index contributed by atoms with van der Waals surface area (Å²) in [7, 11) is 3.21. The van der Waals surface area contributed by atoms with Crippen molar-refractivity contribution in [2.24, 2.45) is 7.05 Å². The Morgan fingerprint density at radius 3 is 2.55 bits per heavy atom. The van der Waals surface area contributed by atoms with Crippen molar-refractivity contribution in [3.63, 3.8) is 0 Å². The molecule has 1 aromatic carbocycles. The summed E-state index contributed by atoms with van der Waals surface area (Å²) in [6, 6.07) is 10.1. The van der Waals surface area contributed by atoms with Crippen LogP contribution in [0.2, 0.25) is 0 Å². The molecule has 1 saturated heterocycles. The molecule has 1 fully saturated rings. The first-order chi connectivity index (χ1) is 14.9. The third-order valence-corrected chi connectivity index (χ3v) is 5.68. The predicted molar refractivity (Wildman–Crippen MR) is 115 cm³/mol. The van der Waals surface area contributed by atoms with Gasteiger partial charge in [-0.15, -0.1) is 0 Å². The molecule has 31 heavy (non-hydrogen) atoms. The van der Waals surface area contributed by atoms with Crippen LogP contribution in [0.5, 0.6) is 11.5 Å². The Hall–Kier alpha value is -3.55. The molecule has 0 atom stereocenters. The lowest BCUT2D eigenvalue weighted by atomic mass is 10.1. The standard InChI is InChI=1S/C23H24N2O6/c1-14-11-17(13-20(26)24(14)2)30-16-7-9-25(10-8-16)22(27)18-12-15-5-4-6-19(29-3)21(15)31-23(18)28/h4-6,11-13,16H,7-10H2,1-3H3. The van der Waals surface area contributed by atoms with Gasteiger partial charge in [-0.25, -0.2) is 4.79 Å². The molecule has 0 bridgehead atoms. The molecule has 0 N–H and O–H groups in total. The number of piperidine rings is 1. The summed E-state index contributed by atoms with van der Waals surface area (Å²) in [5.41, 5.74) is 0.332. The van der Waals surface area contributed by atoms with Crippen LogP contribution < -0.4 is 20.7 Å². The van der Waals surface area contributed by atoms with Gasteiger partial charge in [0.25, 0.3) is 11.5 Å². The number of rotatable bonds is 4. The molecule has 1 aliphatic rings. The Bertz CT molecular complexity index is 1250. The van der Waals surface area contributed by atoms with E-state index in [9.17, 15) is 14.4 Å². The molecule has 8 heteroatoms. The fourth-order valence-corrected chi connectivity index (χ4v) is 3.77. The van der Waals surface area contributed by atoms with Gasteiger partial charge in [-0.2, -0.15) is 0 Å². The number of aromatic nitrogens is 1. The topological polar surface area (TPSA) is 91.0 Å². The first-order valence-corrected chi connectivity index (χ1v) is 10.1. The number of aryl methyl sites for hydroxylation is 1. The molecule has 162 valence electrons. The summed E-state index contributed by atoms with van der Waals surface area (Å²) >= 11 is 0. The smallest absolute Gasteiger partial charge is 0.349 e. The van der Waals surface area contributed by atoms with Crippen molar-refractivity contribution in [1.29, 1.82) is 0 Å².